The number of amides is 1. The summed E-state index contributed by atoms with van der Waals surface area (Å²) in [5.74, 6) is 0.997. The van der Waals surface area contributed by atoms with Gasteiger partial charge in [0.05, 0.1) is 17.8 Å². The molecule has 0 atom stereocenters. The van der Waals surface area contributed by atoms with Crippen LogP contribution >= 0.6 is 11.3 Å². The summed E-state index contributed by atoms with van der Waals surface area (Å²) < 4.78 is 5.16. The number of carbonyl (C=O) groups excluding carboxylic acids is 1. The van der Waals surface area contributed by atoms with Crippen LogP contribution in [0, 0.1) is 13.8 Å². The molecule has 6 nitrogen and oxygen atoms in total. The third-order valence-corrected chi connectivity index (χ3v) is 6.30. The van der Waals surface area contributed by atoms with E-state index in [-0.39, 0.29) is 5.91 Å². The molecule has 0 spiro atoms. The van der Waals surface area contributed by atoms with E-state index in [0.29, 0.717) is 6.42 Å². The molecule has 0 saturated carbocycles. The fourth-order valence-corrected chi connectivity index (χ4v) is 4.59. The van der Waals surface area contributed by atoms with Crippen LogP contribution in [-0.4, -0.2) is 52.0 Å². The molecule has 152 valence electrons. The zero-order valence-electron chi connectivity index (χ0n) is 16.9. The Labute approximate surface area is 175 Å². The molecule has 1 fully saturated rings. The van der Waals surface area contributed by atoms with Gasteiger partial charge in [-0.15, -0.1) is 11.3 Å². The van der Waals surface area contributed by atoms with Gasteiger partial charge >= 0.3 is 0 Å². The van der Waals surface area contributed by atoms with Crippen LogP contribution in [0.3, 0.4) is 0 Å². The van der Waals surface area contributed by atoms with Gasteiger partial charge < -0.3 is 9.42 Å². The molecule has 4 rings (SSSR count). The summed E-state index contributed by atoms with van der Waals surface area (Å²) in [5.41, 5.74) is 2.96. The maximum atomic E-state index is 12.9. The van der Waals surface area contributed by atoms with Crippen LogP contribution < -0.4 is 0 Å². The Hall–Kier alpha value is -2.51. The number of hydrogen-bond acceptors (Lipinski definition) is 6. The van der Waals surface area contributed by atoms with Gasteiger partial charge in [-0.25, -0.2) is 4.98 Å². The highest BCUT2D eigenvalue weighted by Gasteiger charge is 2.22. The molecule has 0 radical (unpaired) electrons. The summed E-state index contributed by atoms with van der Waals surface area (Å²) in [6.45, 7) is 8.07. The number of aryl methyl sites for hydroxylation is 2. The van der Waals surface area contributed by atoms with Crippen LogP contribution in [0.25, 0.3) is 10.6 Å². The molecule has 3 heterocycles. The number of aromatic nitrogens is 2. The number of nitrogens with zero attached hydrogens (tertiary/aromatic N) is 4. The molecule has 3 aromatic rings. The average Bonchev–Trinajstić information content (AvgIpc) is 3.20. The fraction of sp³-hybridized carbons (Fsp3) is 0.409. The quantitative estimate of drug-likeness (QED) is 0.642. The first-order valence-electron chi connectivity index (χ1n) is 10.0. The van der Waals surface area contributed by atoms with Crippen molar-refractivity contribution in [2.45, 2.75) is 33.2 Å². The topological polar surface area (TPSA) is 62.5 Å². The average molecular weight is 411 g/mol. The molecule has 1 aliphatic heterocycles. The van der Waals surface area contributed by atoms with Gasteiger partial charge in [0, 0.05) is 49.2 Å². The van der Waals surface area contributed by atoms with E-state index in [1.54, 1.807) is 11.3 Å². The van der Waals surface area contributed by atoms with Crippen molar-refractivity contribution in [3.05, 3.63) is 58.4 Å². The summed E-state index contributed by atoms with van der Waals surface area (Å²) in [6, 6.07) is 12.1. The molecule has 1 amide bonds. The van der Waals surface area contributed by atoms with E-state index < -0.39 is 0 Å². The molecule has 0 N–H and O–H groups in total. The molecule has 1 saturated heterocycles. The Balaban J connectivity index is 1.36. The Morgan fingerprint density at radius 1 is 1.14 bits per heavy atom. The third-order valence-electron chi connectivity index (χ3n) is 5.24. The van der Waals surface area contributed by atoms with Crippen LogP contribution in [0.1, 0.15) is 28.4 Å². The van der Waals surface area contributed by atoms with Crippen LogP contribution in [-0.2, 0) is 17.8 Å². The molecule has 1 aliphatic rings. The lowest BCUT2D eigenvalue weighted by atomic mass is 10.2. The summed E-state index contributed by atoms with van der Waals surface area (Å²) in [7, 11) is 0. The van der Waals surface area contributed by atoms with Crippen molar-refractivity contribution in [3.63, 3.8) is 0 Å². The number of benzene rings is 1. The van der Waals surface area contributed by atoms with Crippen molar-refractivity contribution < 1.29 is 9.32 Å². The zero-order chi connectivity index (χ0) is 20.2. The van der Waals surface area contributed by atoms with E-state index in [9.17, 15) is 4.79 Å². The van der Waals surface area contributed by atoms with Crippen LogP contribution in [0.15, 0.2) is 40.9 Å². The van der Waals surface area contributed by atoms with Crippen LogP contribution in [0.5, 0.6) is 0 Å². The van der Waals surface area contributed by atoms with Gasteiger partial charge in [-0.1, -0.05) is 35.5 Å². The maximum Gasteiger partial charge on any atom is 0.228 e. The third kappa shape index (κ3) is 4.92. The number of rotatable bonds is 5. The Kier molecular flexibility index (Phi) is 6.06. The predicted molar refractivity (Wildman–Crippen MR) is 114 cm³/mol. The minimum Gasteiger partial charge on any atom is -0.361 e. The fourth-order valence-electron chi connectivity index (χ4n) is 3.65. The van der Waals surface area contributed by atoms with Gasteiger partial charge in [0.1, 0.15) is 10.8 Å². The SMILES string of the molecule is Cc1cc(CN2CCCN(C(=O)Cc3nc(-c4ccccc4)sc3C)CC2)no1. The standard InChI is InChI=1S/C22H26N4O2S/c1-16-13-19(24-28-16)15-25-9-6-10-26(12-11-25)21(27)14-20-17(2)29-22(23-20)18-7-4-3-5-8-18/h3-5,7-8,13H,6,9-12,14-15H2,1-2H3. The Morgan fingerprint density at radius 2 is 1.97 bits per heavy atom. The lowest BCUT2D eigenvalue weighted by Crippen LogP contribution is -2.36. The summed E-state index contributed by atoms with van der Waals surface area (Å²) in [6.07, 6.45) is 1.34. The van der Waals surface area contributed by atoms with Crippen molar-refractivity contribution in [1.29, 1.82) is 0 Å². The van der Waals surface area contributed by atoms with Gasteiger partial charge in [0.25, 0.3) is 0 Å². The molecule has 7 heteroatoms. The minimum absolute atomic E-state index is 0.164. The van der Waals surface area contributed by atoms with Crippen LogP contribution in [0.4, 0.5) is 0 Å². The molecule has 0 aliphatic carbocycles. The molecule has 2 aromatic heterocycles. The monoisotopic (exact) mass is 410 g/mol. The Bertz CT molecular complexity index is 966. The highest BCUT2D eigenvalue weighted by Crippen LogP contribution is 2.28. The van der Waals surface area contributed by atoms with Crippen molar-refractivity contribution in [2.75, 3.05) is 26.2 Å². The zero-order valence-corrected chi connectivity index (χ0v) is 17.7. The van der Waals surface area contributed by atoms with Gasteiger partial charge in [-0.2, -0.15) is 0 Å². The second-order valence-electron chi connectivity index (χ2n) is 7.50. The molecule has 29 heavy (non-hydrogen) atoms. The highest BCUT2D eigenvalue weighted by atomic mass is 32.1. The lowest BCUT2D eigenvalue weighted by molar-refractivity contribution is -0.130. The molecule has 0 unspecified atom stereocenters. The van der Waals surface area contributed by atoms with E-state index in [1.165, 1.54) is 0 Å². The number of thiazole rings is 1. The van der Waals surface area contributed by atoms with Crippen molar-refractivity contribution in [1.82, 2.24) is 19.9 Å². The molecule has 1 aromatic carbocycles. The van der Waals surface area contributed by atoms with Crippen LogP contribution in [0.2, 0.25) is 0 Å². The Morgan fingerprint density at radius 3 is 2.72 bits per heavy atom. The van der Waals surface area contributed by atoms with E-state index in [4.69, 9.17) is 9.51 Å². The number of hydrogen-bond donors (Lipinski definition) is 0. The van der Waals surface area contributed by atoms with E-state index in [2.05, 4.69) is 29.1 Å². The molecule has 0 bridgehead atoms. The summed E-state index contributed by atoms with van der Waals surface area (Å²) >= 11 is 1.66. The maximum absolute atomic E-state index is 12.9. The largest absolute Gasteiger partial charge is 0.361 e. The first kappa shape index (κ1) is 19.8. The van der Waals surface area contributed by atoms with E-state index >= 15 is 0 Å². The second-order valence-corrected chi connectivity index (χ2v) is 8.71. The highest BCUT2D eigenvalue weighted by molar-refractivity contribution is 7.15. The second kappa shape index (κ2) is 8.88. The summed E-state index contributed by atoms with van der Waals surface area (Å²) in [4.78, 5) is 23.1. The van der Waals surface area contributed by atoms with Gasteiger partial charge in [0.15, 0.2) is 0 Å². The summed E-state index contributed by atoms with van der Waals surface area (Å²) in [5, 5.41) is 5.07. The van der Waals surface area contributed by atoms with Gasteiger partial charge in [-0.05, 0) is 20.3 Å². The molecular weight excluding hydrogens is 384 g/mol. The molecular formula is C22H26N4O2S. The van der Waals surface area contributed by atoms with Crippen molar-refractivity contribution in [3.8, 4) is 10.6 Å². The van der Waals surface area contributed by atoms with Gasteiger partial charge in [0.2, 0.25) is 5.91 Å². The van der Waals surface area contributed by atoms with Crippen molar-refractivity contribution in [2.24, 2.45) is 0 Å². The number of carbonyl (C=O) groups is 1. The first-order chi connectivity index (χ1) is 14.1. The minimum atomic E-state index is 0.164. The predicted octanol–water partition coefficient (Wildman–Crippen LogP) is 3.69. The normalized spacial score (nSPS) is 15.4. The smallest absolute Gasteiger partial charge is 0.228 e. The van der Waals surface area contributed by atoms with E-state index in [0.717, 1.165) is 71.7 Å². The van der Waals surface area contributed by atoms with Crippen molar-refractivity contribution >= 4 is 17.2 Å². The van der Waals surface area contributed by atoms with Gasteiger partial charge in [-0.3, -0.25) is 9.69 Å². The van der Waals surface area contributed by atoms with E-state index in [1.807, 2.05) is 36.1 Å². The lowest BCUT2D eigenvalue weighted by Gasteiger charge is -2.21. The first-order valence-corrected chi connectivity index (χ1v) is 10.8.